The molecule has 2 rings (SSSR count). The van der Waals surface area contributed by atoms with Gasteiger partial charge < -0.3 is 15.4 Å². The standard InChI is InChI=1S/C21H26N2O3/c1-5-13-26-18-8-6-7-16(14-18)19(24)22-17-11-9-15(10-12-17)20(25)23-21(2,3)4/h6-12,14H,5,13H2,1-4H3,(H,22,24)(H,23,25). The molecule has 0 fully saturated rings. The van der Waals surface area contributed by atoms with Crippen LogP contribution in [-0.4, -0.2) is 24.0 Å². The lowest BCUT2D eigenvalue weighted by atomic mass is 10.1. The fraction of sp³-hybridized carbons (Fsp3) is 0.333. The normalized spacial score (nSPS) is 10.9. The number of hydrogen-bond donors (Lipinski definition) is 2. The lowest BCUT2D eigenvalue weighted by molar-refractivity contribution is 0.0919. The first-order valence-corrected chi connectivity index (χ1v) is 8.75. The Bertz CT molecular complexity index is 762. The molecule has 2 aromatic rings. The number of anilines is 1. The predicted octanol–water partition coefficient (Wildman–Crippen LogP) is 4.26. The number of ether oxygens (including phenoxy) is 1. The molecular formula is C21H26N2O3. The fourth-order valence-corrected chi connectivity index (χ4v) is 2.27. The van der Waals surface area contributed by atoms with E-state index in [1.54, 1.807) is 42.5 Å². The zero-order valence-corrected chi connectivity index (χ0v) is 15.8. The molecular weight excluding hydrogens is 328 g/mol. The molecule has 0 aromatic heterocycles. The summed E-state index contributed by atoms with van der Waals surface area (Å²) in [6, 6.07) is 13.9. The second-order valence-electron chi connectivity index (χ2n) is 7.11. The average molecular weight is 354 g/mol. The maximum atomic E-state index is 12.4. The van der Waals surface area contributed by atoms with Gasteiger partial charge in [0.25, 0.3) is 11.8 Å². The van der Waals surface area contributed by atoms with Crippen molar-refractivity contribution in [3.8, 4) is 5.75 Å². The van der Waals surface area contributed by atoms with E-state index in [0.717, 1.165) is 6.42 Å². The second-order valence-corrected chi connectivity index (χ2v) is 7.11. The summed E-state index contributed by atoms with van der Waals surface area (Å²) >= 11 is 0. The van der Waals surface area contributed by atoms with Crippen LogP contribution in [0.1, 0.15) is 54.8 Å². The lowest BCUT2D eigenvalue weighted by Gasteiger charge is -2.20. The first-order valence-electron chi connectivity index (χ1n) is 8.75. The minimum absolute atomic E-state index is 0.142. The minimum Gasteiger partial charge on any atom is -0.494 e. The summed E-state index contributed by atoms with van der Waals surface area (Å²) < 4.78 is 5.55. The van der Waals surface area contributed by atoms with Crippen LogP contribution in [0.5, 0.6) is 5.75 Å². The maximum absolute atomic E-state index is 12.4. The minimum atomic E-state index is -0.297. The van der Waals surface area contributed by atoms with E-state index >= 15 is 0 Å². The number of amides is 2. The van der Waals surface area contributed by atoms with Crippen molar-refractivity contribution in [1.29, 1.82) is 0 Å². The summed E-state index contributed by atoms with van der Waals surface area (Å²) in [5.41, 5.74) is 1.40. The van der Waals surface area contributed by atoms with Gasteiger partial charge in [-0.15, -0.1) is 0 Å². The van der Waals surface area contributed by atoms with E-state index in [-0.39, 0.29) is 17.4 Å². The first-order chi connectivity index (χ1) is 12.3. The van der Waals surface area contributed by atoms with Crippen LogP contribution in [0, 0.1) is 0 Å². The highest BCUT2D eigenvalue weighted by Gasteiger charge is 2.15. The molecule has 0 atom stereocenters. The molecule has 5 heteroatoms. The summed E-state index contributed by atoms with van der Waals surface area (Å²) in [6.45, 7) is 8.43. The van der Waals surface area contributed by atoms with Crippen molar-refractivity contribution in [3.63, 3.8) is 0 Å². The van der Waals surface area contributed by atoms with E-state index in [1.807, 2.05) is 33.8 Å². The van der Waals surface area contributed by atoms with Gasteiger partial charge in [-0.1, -0.05) is 13.0 Å². The predicted molar refractivity (Wildman–Crippen MR) is 104 cm³/mol. The van der Waals surface area contributed by atoms with Gasteiger partial charge in [0, 0.05) is 22.4 Å². The summed E-state index contributed by atoms with van der Waals surface area (Å²) in [6.07, 6.45) is 0.908. The van der Waals surface area contributed by atoms with Crippen molar-refractivity contribution in [2.75, 3.05) is 11.9 Å². The van der Waals surface area contributed by atoms with Gasteiger partial charge in [0.05, 0.1) is 6.61 Å². The topological polar surface area (TPSA) is 67.4 Å². The van der Waals surface area contributed by atoms with E-state index < -0.39 is 0 Å². The van der Waals surface area contributed by atoms with Gasteiger partial charge in [0.15, 0.2) is 0 Å². The van der Waals surface area contributed by atoms with Crippen LogP contribution in [-0.2, 0) is 0 Å². The van der Waals surface area contributed by atoms with E-state index in [9.17, 15) is 9.59 Å². The van der Waals surface area contributed by atoms with Gasteiger partial charge in [-0.3, -0.25) is 9.59 Å². The highest BCUT2D eigenvalue weighted by Crippen LogP contribution is 2.16. The quantitative estimate of drug-likeness (QED) is 0.815. The summed E-state index contributed by atoms with van der Waals surface area (Å²) in [7, 11) is 0. The van der Waals surface area contributed by atoms with Crippen LogP contribution in [0.3, 0.4) is 0 Å². The molecule has 0 aliphatic rings. The Hall–Kier alpha value is -2.82. The van der Waals surface area contributed by atoms with Gasteiger partial charge in [-0.25, -0.2) is 0 Å². The van der Waals surface area contributed by atoms with Crippen molar-refractivity contribution >= 4 is 17.5 Å². The van der Waals surface area contributed by atoms with Gasteiger partial charge in [0.2, 0.25) is 0 Å². The Morgan fingerprint density at radius 2 is 1.65 bits per heavy atom. The van der Waals surface area contributed by atoms with E-state index in [2.05, 4.69) is 10.6 Å². The van der Waals surface area contributed by atoms with Crippen molar-refractivity contribution in [1.82, 2.24) is 5.32 Å². The molecule has 0 radical (unpaired) electrons. The van der Waals surface area contributed by atoms with Crippen LogP contribution in [0.2, 0.25) is 0 Å². The zero-order chi connectivity index (χ0) is 19.2. The Kier molecular flexibility index (Phi) is 6.39. The number of rotatable bonds is 6. The molecule has 2 amide bonds. The van der Waals surface area contributed by atoms with Crippen LogP contribution in [0.4, 0.5) is 5.69 Å². The number of carbonyl (C=O) groups excluding carboxylic acids is 2. The van der Waals surface area contributed by atoms with E-state index in [1.165, 1.54) is 0 Å². The second kappa shape index (κ2) is 8.52. The average Bonchev–Trinajstić information content (AvgIpc) is 2.59. The van der Waals surface area contributed by atoms with Crippen LogP contribution in [0.25, 0.3) is 0 Å². The highest BCUT2D eigenvalue weighted by molar-refractivity contribution is 6.04. The van der Waals surface area contributed by atoms with Crippen molar-refractivity contribution in [2.24, 2.45) is 0 Å². The third-order valence-electron chi connectivity index (χ3n) is 3.46. The van der Waals surface area contributed by atoms with Crippen molar-refractivity contribution in [2.45, 2.75) is 39.7 Å². The number of benzene rings is 2. The molecule has 26 heavy (non-hydrogen) atoms. The smallest absolute Gasteiger partial charge is 0.255 e. The van der Waals surface area contributed by atoms with Crippen molar-refractivity contribution in [3.05, 3.63) is 59.7 Å². The van der Waals surface area contributed by atoms with E-state index in [4.69, 9.17) is 4.74 Å². The number of hydrogen-bond acceptors (Lipinski definition) is 3. The van der Waals surface area contributed by atoms with Crippen LogP contribution in [0.15, 0.2) is 48.5 Å². The maximum Gasteiger partial charge on any atom is 0.255 e. The molecule has 0 heterocycles. The Labute approximate surface area is 154 Å². The molecule has 0 saturated heterocycles. The monoisotopic (exact) mass is 354 g/mol. The third-order valence-corrected chi connectivity index (χ3v) is 3.46. The Morgan fingerprint density at radius 3 is 2.27 bits per heavy atom. The Morgan fingerprint density at radius 1 is 0.962 bits per heavy atom. The fourth-order valence-electron chi connectivity index (χ4n) is 2.27. The molecule has 5 nitrogen and oxygen atoms in total. The molecule has 0 saturated carbocycles. The van der Waals surface area contributed by atoms with Crippen molar-refractivity contribution < 1.29 is 14.3 Å². The number of carbonyl (C=O) groups is 2. The molecule has 138 valence electrons. The molecule has 2 aromatic carbocycles. The largest absolute Gasteiger partial charge is 0.494 e. The van der Waals surface area contributed by atoms with Gasteiger partial charge in [0.1, 0.15) is 5.75 Å². The molecule has 0 aliphatic heterocycles. The SMILES string of the molecule is CCCOc1cccc(C(=O)Nc2ccc(C(=O)NC(C)(C)C)cc2)c1. The number of nitrogens with one attached hydrogen (secondary N) is 2. The zero-order valence-electron chi connectivity index (χ0n) is 15.8. The summed E-state index contributed by atoms with van der Waals surface area (Å²) in [5.74, 6) is 0.309. The highest BCUT2D eigenvalue weighted by atomic mass is 16.5. The van der Waals surface area contributed by atoms with E-state index in [0.29, 0.717) is 29.2 Å². The summed E-state index contributed by atoms with van der Waals surface area (Å²) in [4.78, 5) is 24.5. The molecule has 0 aliphatic carbocycles. The molecule has 0 spiro atoms. The Balaban J connectivity index is 2.02. The molecule has 0 unspecified atom stereocenters. The molecule has 0 bridgehead atoms. The van der Waals surface area contributed by atoms with Gasteiger partial charge in [-0.2, -0.15) is 0 Å². The van der Waals surface area contributed by atoms with Crippen LogP contribution < -0.4 is 15.4 Å². The van der Waals surface area contributed by atoms with Gasteiger partial charge in [-0.05, 0) is 69.7 Å². The van der Waals surface area contributed by atoms with Crippen LogP contribution >= 0.6 is 0 Å². The lowest BCUT2D eigenvalue weighted by Crippen LogP contribution is -2.40. The molecule has 2 N–H and O–H groups in total. The summed E-state index contributed by atoms with van der Waals surface area (Å²) in [5, 5.41) is 5.73. The first kappa shape index (κ1) is 19.5. The van der Waals surface area contributed by atoms with Gasteiger partial charge >= 0.3 is 0 Å². The third kappa shape index (κ3) is 5.92.